The topological polar surface area (TPSA) is 12.9 Å². The third-order valence-electron chi connectivity index (χ3n) is 2.26. The molecule has 0 unspecified atom stereocenters. The molecule has 14 heavy (non-hydrogen) atoms. The number of thiazole rings is 1. The van der Waals surface area contributed by atoms with Gasteiger partial charge in [0.25, 0.3) is 0 Å². The first-order valence-corrected chi connectivity index (χ1v) is 6.64. The summed E-state index contributed by atoms with van der Waals surface area (Å²) in [4.78, 5) is 5.91. The Labute approximate surface area is 96.7 Å². The van der Waals surface area contributed by atoms with E-state index in [4.69, 9.17) is 0 Å². The van der Waals surface area contributed by atoms with Gasteiger partial charge in [-0.25, -0.2) is 4.98 Å². The summed E-state index contributed by atoms with van der Waals surface area (Å²) in [6, 6.07) is 0. The van der Waals surface area contributed by atoms with Crippen molar-refractivity contribution in [2.45, 2.75) is 25.1 Å². The van der Waals surface area contributed by atoms with Gasteiger partial charge in [0, 0.05) is 15.8 Å². The Morgan fingerprint density at radius 1 is 1.50 bits per heavy atom. The minimum absolute atomic E-state index is 0.910. The van der Waals surface area contributed by atoms with Crippen LogP contribution >= 0.6 is 27.3 Å². The Morgan fingerprint density at radius 2 is 2.36 bits per heavy atom. The maximum absolute atomic E-state index is 4.57. The van der Waals surface area contributed by atoms with Crippen LogP contribution < -0.4 is 0 Å². The first-order valence-electron chi connectivity index (χ1n) is 4.70. The minimum atomic E-state index is 0.910. The van der Waals surface area contributed by atoms with Gasteiger partial charge in [-0.1, -0.05) is 34.2 Å². The van der Waals surface area contributed by atoms with Gasteiger partial charge in [-0.15, -0.1) is 11.3 Å². The van der Waals surface area contributed by atoms with E-state index in [9.17, 15) is 0 Å². The Morgan fingerprint density at radius 3 is 2.93 bits per heavy atom. The summed E-state index contributed by atoms with van der Waals surface area (Å²) in [5.74, 6) is 0. The van der Waals surface area contributed by atoms with Gasteiger partial charge in [0.05, 0.1) is 5.69 Å². The smallest absolute Gasteiger partial charge is 0.123 e. The van der Waals surface area contributed by atoms with Gasteiger partial charge >= 0.3 is 0 Å². The first-order chi connectivity index (χ1) is 6.81. The maximum atomic E-state index is 4.57. The highest BCUT2D eigenvalue weighted by molar-refractivity contribution is 9.08. The molecular weight excluding hydrogens is 258 g/mol. The molecule has 0 aromatic carbocycles. The maximum Gasteiger partial charge on any atom is 0.123 e. The Hall–Kier alpha value is -0.410. The number of allylic oxidation sites excluding steroid dienone is 4. The molecule has 74 valence electrons. The number of alkyl halides is 1. The monoisotopic (exact) mass is 269 g/mol. The predicted octanol–water partition coefficient (Wildman–Crippen LogP) is 4.08. The van der Waals surface area contributed by atoms with E-state index < -0.39 is 0 Å². The second-order valence-corrected chi connectivity index (χ2v) is 4.94. The fourth-order valence-corrected chi connectivity index (χ4v) is 3.13. The Kier molecular flexibility index (Phi) is 3.19. The second kappa shape index (κ2) is 4.41. The standard InChI is InChI=1S/C11H12BrNS/c1-8-10(7-12)14-11(13-8)9-5-3-2-4-6-9/h3,5-6H,2,4,7H2,1H3. The van der Waals surface area contributed by atoms with E-state index in [2.05, 4.69) is 46.1 Å². The molecule has 0 saturated heterocycles. The highest BCUT2D eigenvalue weighted by Gasteiger charge is 2.09. The number of rotatable bonds is 2. The quantitative estimate of drug-likeness (QED) is 0.738. The van der Waals surface area contributed by atoms with E-state index in [1.165, 1.54) is 16.9 Å². The third kappa shape index (κ3) is 1.98. The summed E-state index contributed by atoms with van der Waals surface area (Å²) in [5, 5.41) is 2.07. The van der Waals surface area contributed by atoms with Crippen LogP contribution in [-0.2, 0) is 5.33 Å². The highest BCUT2D eigenvalue weighted by atomic mass is 79.9. The van der Waals surface area contributed by atoms with Crippen LogP contribution in [0.25, 0.3) is 5.57 Å². The van der Waals surface area contributed by atoms with Crippen molar-refractivity contribution in [2.75, 3.05) is 0 Å². The van der Waals surface area contributed by atoms with Gasteiger partial charge in [0.1, 0.15) is 5.01 Å². The number of aryl methyl sites for hydroxylation is 1. The summed E-state index contributed by atoms with van der Waals surface area (Å²) < 4.78 is 0. The van der Waals surface area contributed by atoms with Crippen LogP contribution in [0.3, 0.4) is 0 Å². The second-order valence-electron chi connectivity index (χ2n) is 3.30. The summed E-state index contributed by atoms with van der Waals surface area (Å²) >= 11 is 5.27. The van der Waals surface area contributed by atoms with E-state index >= 15 is 0 Å². The molecule has 1 aromatic rings. The van der Waals surface area contributed by atoms with Crippen molar-refractivity contribution in [3.8, 4) is 0 Å². The van der Waals surface area contributed by atoms with Gasteiger partial charge in [0.2, 0.25) is 0 Å². The van der Waals surface area contributed by atoms with E-state index in [0.717, 1.165) is 22.5 Å². The minimum Gasteiger partial charge on any atom is -0.241 e. The fraction of sp³-hybridized carbons (Fsp3) is 0.364. The van der Waals surface area contributed by atoms with Crippen molar-refractivity contribution < 1.29 is 0 Å². The van der Waals surface area contributed by atoms with Gasteiger partial charge in [-0.05, 0) is 19.8 Å². The molecule has 0 bridgehead atoms. The molecule has 1 aromatic heterocycles. The van der Waals surface area contributed by atoms with Crippen LogP contribution in [0.1, 0.15) is 28.4 Å². The highest BCUT2D eigenvalue weighted by Crippen LogP contribution is 2.28. The van der Waals surface area contributed by atoms with Crippen LogP contribution in [-0.4, -0.2) is 4.98 Å². The molecule has 0 amide bonds. The van der Waals surface area contributed by atoms with Crippen LogP contribution in [0.5, 0.6) is 0 Å². The van der Waals surface area contributed by atoms with Crippen molar-refractivity contribution in [3.05, 3.63) is 33.8 Å². The predicted molar refractivity (Wildman–Crippen MR) is 65.8 cm³/mol. The van der Waals surface area contributed by atoms with Gasteiger partial charge in [-0.2, -0.15) is 0 Å². The van der Waals surface area contributed by atoms with Crippen molar-refractivity contribution >= 4 is 32.8 Å². The van der Waals surface area contributed by atoms with Crippen LogP contribution in [0.4, 0.5) is 0 Å². The molecule has 1 aliphatic rings. The SMILES string of the molecule is Cc1nc(C2=CCCC=C2)sc1CBr. The lowest BCUT2D eigenvalue weighted by atomic mass is 10.1. The van der Waals surface area contributed by atoms with Crippen molar-refractivity contribution in [1.29, 1.82) is 0 Å². The van der Waals surface area contributed by atoms with Crippen LogP contribution in [0.2, 0.25) is 0 Å². The Balaban J connectivity index is 2.32. The normalized spacial score (nSPS) is 15.7. The average Bonchev–Trinajstić information content (AvgIpc) is 2.61. The molecule has 0 N–H and O–H groups in total. The molecule has 0 radical (unpaired) electrons. The molecule has 0 atom stereocenters. The summed E-state index contributed by atoms with van der Waals surface area (Å²) in [6.45, 7) is 2.07. The lowest BCUT2D eigenvalue weighted by Gasteiger charge is -2.01. The van der Waals surface area contributed by atoms with Crippen LogP contribution in [0.15, 0.2) is 18.2 Å². The van der Waals surface area contributed by atoms with E-state index in [1.807, 2.05) is 0 Å². The molecular formula is C11H12BrNS. The molecule has 0 aliphatic heterocycles. The number of hydrogen-bond acceptors (Lipinski definition) is 2. The third-order valence-corrected chi connectivity index (χ3v) is 4.39. The average molecular weight is 270 g/mol. The van der Waals surface area contributed by atoms with Crippen molar-refractivity contribution in [3.63, 3.8) is 0 Å². The first kappa shape index (κ1) is 10.1. The molecule has 1 aliphatic carbocycles. The van der Waals surface area contributed by atoms with Gasteiger partial charge in [0.15, 0.2) is 0 Å². The van der Waals surface area contributed by atoms with E-state index in [1.54, 1.807) is 11.3 Å². The largest absolute Gasteiger partial charge is 0.241 e. The summed E-state index contributed by atoms with van der Waals surface area (Å²) in [7, 11) is 0. The summed E-state index contributed by atoms with van der Waals surface area (Å²) in [5.41, 5.74) is 2.44. The number of halogens is 1. The number of hydrogen-bond donors (Lipinski definition) is 0. The number of aromatic nitrogens is 1. The molecule has 0 fully saturated rings. The molecule has 2 rings (SSSR count). The lowest BCUT2D eigenvalue weighted by molar-refractivity contribution is 1.04. The fourth-order valence-electron chi connectivity index (χ4n) is 1.45. The zero-order valence-corrected chi connectivity index (χ0v) is 10.5. The molecule has 0 spiro atoms. The van der Waals surface area contributed by atoms with Crippen LogP contribution in [0, 0.1) is 6.92 Å². The van der Waals surface area contributed by atoms with E-state index in [-0.39, 0.29) is 0 Å². The number of nitrogens with zero attached hydrogens (tertiary/aromatic N) is 1. The van der Waals surface area contributed by atoms with Gasteiger partial charge in [-0.3, -0.25) is 0 Å². The Bertz CT molecular complexity index is 390. The van der Waals surface area contributed by atoms with E-state index in [0.29, 0.717) is 0 Å². The van der Waals surface area contributed by atoms with Gasteiger partial charge < -0.3 is 0 Å². The lowest BCUT2D eigenvalue weighted by Crippen LogP contribution is -1.84. The molecule has 1 nitrogen and oxygen atoms in total. The molecule has 0 saturated carbocycles. The summed E-state index contributed by atoms with van der Waals surface area (Å²) in [6.07, 6.45) is 8.99. The zero-order valence-electron chi connectivity index (χ0n) is 8.09. The van der Waals surface area contributed by atoms with Crippen molar-refractivity contribution in [1.82, 2.24) is 4.98 Å². The van der Waals surface area contributed by atoms with Crippen molar-refractivity contribution in [2.24, 2.45) is 0 Å². The molecule has 1 heterocycles. The molecule has 3 heteroatoms. The zero-order chi connectivity index (χ0) is 9.97.